The quantitative estimate of drug-likeness (QED) is 0.838. The van der Waals surface area contributed by atoms with Gasteiger partial charge >= 0.3 is 0 Å². The second kappa shape index (κ2) is 5.11. The fourth-order valence-electron chi connectivity index (χ4n) is 2.46. The zero-order valence-electron chi connectivity index (χ0n) is 11.1. The highest BCUT2D eigenvalue weighted by Gasteiger charge is 2.41. The Hall–Kier alpha value is -1.35. The zero-order valence-corrected chi connectivity index (χ0v) is 11.1. The van der Waals surface area contributed by atoms with Crippen molar-refractivity contribution in [2.24, 2.45) is 5.41 Å². The Labute approximate surface area is 108 Å². The van der Waals surface area contributed by atoms with Gasteiger partial charge in [0.1, 0.15) is 0 Å². The number of rotatable bonds is 5. The van der Waals surface area contributed by atoms with E-state index >= 15 is 0 Å². The number of carbonyl (C=O) groups excluding carboxylic acids is 1. The van der Waals surface area contributed by atoms with E-state index in [1.807, 2.05) is 32.0 Å². The van der Waals surface area contributed by atoms with Gasteiger partial charge in [-0.1, -0.05) is 18.2 Å². The minimum atomic E-state index is 0.00909. The largest absolute Gasteiger partial charge is 0.396 e. The summed E-state index contributed by atoms with van der Waals surface area (Å²) in [6.07, 6.45) is 3.02. The molecule has 0 heterocycles. The first-order valence-electron chi connectivity index (χ1n) is 6.53. The number of carbonyl (C=O) groups is 1. The van der Waals surface area contributed by atoms with E-state index in [0.29, 0.717) is 6.54 Å². The highest BCUT2D eigenvalue weighted by Crippen LogP contribution is 2.47. The third-order valence-corrected chi connectivity index (χ3v) is 3.93. The number of aliphatic hydroxyl groups excluding tert-OH is 1. The van der Waals surface area contributed by atoms with Crippen molar-refractivity contribution < 1.29 is 9.90 Å². The molecular weight excluding hydrogens is 226 g/mol. The van der Waals surface area contributed by atoms with E-state index in [1.54, 1.807) is 0 Å². The van der Waals surface area contributed by atoms with Gasteiger partial charge in [-0.15, -0.1) is 0 Å². The van der Waals surface area contributed by atoms with Gasteiger partial charge in [-0.25, -0.2) is 0 Å². The molecule has 1 aromatic rings. The van der Waals surface area contributed by atoms with Crippen molar-refractivity contribution in [1.82, 2.24) is 5.32 Å². The summed E-state index contributed by atoms with van der Waals surface area (Å²) in [6, 6.07) is 5.89. The van der Waals surface area contributed by atoms with Crippen LogP contribution < -0.4 is 5.32 Å². The van der Waals surface area contributed by atoms with Crippen LogP contribution in [0.15, 0.2) is 18.2 Å². The molecule has 1 fully saturated rings. The lowest BCUT2D eigenvalue weighted by Crippen LogP contribution is -2.31. The molecule has 0 radical (unpaired) electrons. The molecule has 98 valence electrons. The van der Waals surface area contributed by atoms with Gasteiger partial charge in [0.25, 0.3) is 5.91 Å². The predicted molar refractivity (Wildman–Crippen MR) is 71.6 cm³/mol. The summed E-state index contributed by atoms with van der Waals surface area (Å²) in [7, 11) is 0. The predicted octanol–water partition coefficient (Wildman–Crippen LogP) is 2.20. The second-order valence-electron chi connectivity index (χ2n) is 5.42. The molecule has 1 aliphatic carbocycles. The molecule has 0 spiro atoms. The van der Waals surface area contributed by atoms with Gasteiger partial charge < -0.3 is 10.4 Å². The third kappa shape index (κ3) is 2.72. The maximum absolute atomic E-state index is 12.2. The van der Waals surface area contributed by atoms with Crippen LogP contribution in [0.1, 0.15) is 40.7 Å². The van der Waals surface area contributed by atoms with E-state index in [0.717, 1.165) is 36.0 Å². The minimum Gasteiger partial charge on any atom is -0.396 e. The minimum absolute atomic E-state index is 0.00909. The first-order chi connectivity index (χ1) is 8.58. The third-order valence-electron chi connectivity index (χ3n) is 3.93. The average Bonchev–Trinajstić information content (AvgIpc) is 3.07. The van der Waals surface area contributed by atoms with Gasteiger partial charge in [0, 0.05) is 18.7 Å². The molecule has 2 N–H and O–H groups in total. The fourth-order valence-corrected chi connectivity index (χ4v) is 2.46. The van der Waals surface area contributed by atoms with Crippen LogP contribution in [0.3, 0.4) is 0 Å². The van der Waals surface area contributed by atoms with E-state index in [-0.39, 0.29) is 17.9 Å². The summed E-state index contributed by atoms with van der Waals surface area (Å²) in [5, 5.41) is 12.0. The van der Waals surface area contributed by atoms with Crippen molar-refractivity contribution >= 4 is 5.91 Å². The molecule has 18 heavy (non-hydrogen) atoms. The molecule has 3 nitrogen and oxygen atoms in total. The van der Waals surface area contributed by atoms with Crippen LogP contribution in [0.25, 0.3) is 0 Å². The van der Waals surface area contributed by atoms with Crippen LogP contribution in [-0.4, -0.2) is 24.2 Å². The van der Waals surface area contributed by atoms with Crippen LogP contribution in [0, 0.1) is 19.3 Å². The number of benzene rings is 1. The van der Waals surface area contributed by atoms with Crippen molar-refractivity contribution in [3.8, 4) is 0 Å². The number of nitrogens with one attached hydrogen (secondary N) is 1. The molecule has 0 bridgehead atoms. The number of hydrogen-bond acceptors (Lipinski definition) is 2. The highest BCUT2D eigenvalue weighted by molar-refractivity contribution is 5.97. The van der Waals surface area contributed by atoms with Crippen molar-refractivity contribution in [3.63, 3.8) is 0 Å². The maximum atomic E-state index is 12.2. The normalized spacial score (nSPS) is 16.4. The number of hydrogen-bond donors (Lipinski definition) is 2. The summed E-state index contributed by atoms with van der Waals surface area (Å²) in [4.78, 5) is 12.2. The molecule has 1 amide bonds. The van der Waals surface area contributed by atoms with Crippen molar-refractivity contribution in [3.05, 3.63) is 34.9 Å². The Bertz CT molecular complexity index is 430. The van der Waals surface area contributed by atoms with Gasteiger partial charge in [-0.2, -0.15) is 0 Å². The first kappa shape index (κ1) is 13.1. The van der Waals surface area contributed by atoms with E-state index < -0.39 is 0 Å². The Balaban J connectivity index is 2.00. The Morgan fingerprint density at radius 1 is 1.33 bits per heavy atom. The lowest BCUT2D eigenvalue weighted by Gasteiger charge is -2.16. The number of aliphatic hydroxyl groups is 1. The monoisotopic (exact) mass is 247 g/mol. The van der Waals surface area contributed by atoms with Crippen molar-refractivity contribution in [2.75, 3.05) is 13.2 Å². The van der Waals surface area contributed by atoms with Gasteiger partial charge in [0.2, 0.25) is 0 Å². The summed E-state index contributed by atoms with van der Waals surface area (Å²) >= 11 is 0. The van der Waals surface area contributed by atoms with Gasteiger partial charge in [0.15, 0.2) is 0 Å². The SMILES string of the molecule is Cc1cccc(C)c1C(=O)NCC1(CCO)CC1. The van der Waals surface area contributed by atoms with E-state index in [9.17, 15) is 4.79 Å². The zero-order chi connectivity index (χ0) is 13.2. The average molecular weight is 247 g/mol. The summed E-state index contributed by atoms with van der Waals surface area (Å²) < 4.78 is 0. The van der Waals surface area contributed by atoms with Crippen LogP contribution >= 0.6 is 0 Å². The number of amides is 1. The Morgan fingerprint density at radius 2 is 1.94 bits per heavy atom. The lowest BCUT2D eigenvalue weighted by molar-refractivity contribution is 0.0939. The van der Waals surface area contributed by atoms with Crippen LogP contribution in [0.5, 0.6) is 0 Å². The molecular formula is C15H21NO2. The molecule has 0 aliphatic heterocycles. The van der Waals surface area contributed by atoms with Crippen LogP contribution in [0.2, 0.25) is 0 Å². The molecule has 1 saturated carbocycles. The molecule has 3 heteroatoms. The highest BCUT2D eigenvalue weighted by atomic mass is 16.3. The molecule has 0 unspecified atom stereocenters. The molecule has 1 aliphatic rings. The molecule has 1 aromatic carbocycles. The van der Waals surface area contributed by atoms with Gasteiger partial charge in [-0.3, -0.25) is 4.79 Å². The number of aryl methyl sites for hydroxylation is 2. The molecule has 2 rings (SSSR count). The van der Waals surface area contributed by atoms with E-state index in [4.69, 9.17) is 5.11 Å². The van der Waals surface area contributed by atoms with Crippen molar-refractivity contribution in [1.29, 1.82) is 0 Å². The maximum Gasteiger partial charge on any atom is 0.251 e. The topological polar surface area (TPSA) is 49.3 Å². The fraction of sp³-hybridized carbons (Fsp3) is 0.533. The summed E-state index contributed by atoms with van der Waals surface area (Å²) in [5.41, 5.74) is 2.98. The lowest BCUT2D eigenvalue weighted by atomic mass is 10.0. The van der Waals surface area contributed by atoms with Crippen LogP contribution in [-0.2, 0) is 0 Å². The first-order valence-corrected chi connectivity index (χ1v) is 6.53. The van der Waals surface area contributed by atoms with Gasteiger partial charge in [0.05, 0.1) is 0 Å². The summed E-state index contributed by atoms with van der Waals surface area (Å²) in [5.74, 6) is 0.00909. The second-order valence-corrected chi connectivity index (χ2v) is 5.42. The van der Waals surface area contributed by atoms with E-state index in [1.165, 1.54) is 0 Å². The van der Waals surface area contributed by atoms with Crippen LogP contribution in [0.4, 0.5) is 0 Å². The smallest absolute Gasteiger partial charge is 0.251 e. The Morgan fingerprint density at radius 3 is 2.44 bits per heavy atom. The molecule has 0 saturated heterocycles. The molecule has 0 aromatic heterocycles. The molecule has 0 atom stereocenters. The Kier molecular flexibility index (Phi) is 3.71. The summed E-state index contributed by atoms with van der Waals surface area (Å²) in [6.45, 7) is 4.81. The standard InChI is InChI=1S/C15H21NO2/c1-11-4-3-5-12(2)13(11)14(18)16-10-15(6-7-15)8-9-17/h3-5,17H,6-10H2,1-2H3,(H,16,18). The van der Waals surface area contributed by atoms with Crippen molar-refractivity contribution in [2.45, 2.75) is 33.1 Å². The van der Waals surface area contributed by atoms with E-state index in [2.05, 4.69) is 5.32 Å². The van der Waals surface area contributed by atoms with Gasteiger partial charge in [-0.05, 0) is 49.7 Å².